The van der Waals surface area contributed by atoms with Crippen LogP contribution in [0.5, 0.6) is 5.75 Å². The summed E-state index contributed by atoms with van der Waals surface area (Å²) in [6.07, 6.45) is -4.34. The zero-order chi connectivity index (χ0) is 17.7. The van der Waals surface area contributed by atoms with E-state index in [9.17, 15) is 23.1 Å². The number of carboxylic acid groups (broad SMARTS) is 1. The molecular formula is C18H15F3O3. The molecule has 126 valence electrons. The fourth-order valence-corrected chi connectivity index (χ4v) is 2.05. The predicted molar refractivity (Wildman–Crippen MR) is 83.6 cm³/mol. The Kier molecular flexibility index (Phi) is 5.28. The van der Waals surface area contributed by atoms with E-state index in [0.717, 1.165) is 29.8 Å². The van der Waals surface area contributed by atoms with E-state index in [1.807, 2.05) is 30.3 Å². The Morgan fingerprint density at radius 3 is 2.17 bits per heavy atom. The smallest absolute Gasteiger partial charge is 0.416 e. The van der Waals surface area contributed by atoms with Crippen molar-refractivity contribution in [1.82, 2.24) is 0 Å². The van der Waals surface area contributed by atoms with E-state index in [4.69, 9.17) is 4.74 Å². The molecule has 0 radical (unpaired) electrons. The molecule has 0 amide bonds. The van der Waals surface area contributed by atoms with Gasteiger partial charge < -0.3 is 9.84 Å². The molecule has 0 aliphatic carbocycles. The van der Waals surface area contributed by atoms with Crippen molar-refractivity contribution in [3.8, 4) is 5.75 Å². The molecular weight excluding hydrogens is 321 g/mol. The third kappa shape index (κ3) is 4.62. The van der Waals surface area contributed by atoms with E-state index in [1.54, 1.807) is 6.92 Å². The van der Waals surface area contributed by atoms with Crippen LogP contribution in [0.3, 0.4) is 0 Å². The highest BCUT2D eigenvalue weighted by Gasteiger charge is 2.30. The van der Waals surface area contributed by atoms with Gasteiger partial charge in [-0.25, -0.2) is 4.79 Å². The monoisotopic (exact) mass is 336 g/mol. The van der Waals surface area contributed by atoms with Gasteiger partial charge in [0.15, 0.2) is 0 Å². The Morgan fingerprint density at radius 2 is 1.67 bits per heavy atom. The molecule has 0 saturated carbocycles. The molecule has 1 N–H and O–H groups in total. The first-order valence-corrected chi connectivity index (χ1v) is 7.08. The summed E-state index contributed by atoms with van der Waals surface area (Å²) in [6, 6.07) is 13.0. The molecule has 0 spiro atoms. The Bertz CT molecular complexity index is 719. The minimum atomic E-state index is -4.45. The molecule has 1 atom stereocenters. The topological polar surface area (TPSA) is 46.5 Å². The van der Waals surface area contributed by atoms with Crippen LogP contribution < -0.4 is 4.74 Å². The second-order valence-corrected chi connectivity index (χ2v) is 5.11. The van der Waals surface area contributed by atoms with Crippen LogP contribution in [0.25, 0.3) is 5.57 Å². The highest BCUT2D eigenvalue weighted by molar-refractivity contribution is 5.79. The Labute approximate surface area is 137 Å². The third-order valence-corrected chi connectivity index (χ3v) is 3.32. The lowest BCUT2D eigenvalue weighted by molar-refractivity contribution is -0.143. The van der Waals surface area contributed by atoms with E-state index >= 15 is 0 Å². The van der Waals surface area contributed by atoms with Crippen LogP contribution in [-0.4, -0.2) is 17.2 Å². The Balaban J connectivity index is 2.19. The van der Waals surface area contributed by atoms with Crippen molar-refractivity contribution in [2.24, 2.45) is 0 Å². The number of halogens is 3. The van der Waals surface area contributed by atoms with E-state index in [2.05, 4.69) is 0 Å². The second kappa shape index (κ2) is 7.21. The molecule has 0 aromatic heterocycles. The second-order valence-electron chi connectivity index (χ2n) is 5.11. The van der Waals surface area contributed by atoms with Gasteiger partial charge in [0, 0.05) is 0 Å². The summed E-state index contributed by atoms with van der Waals surface area (Å²) < 4.78 is 42.9. The predicted octanol–water partition coefficient (Wildman–Crippen LogP) is 4.64. The third-order valence-electron chi connectivity index (χ3n) is 3.32. The number of carboxylic acids is 1. The van der Waals surface area contributed by atoms with Gasteiger partial charge in [0.2, 0.25) is 6.10 Å². The number of carbonyl (C=O) groups is 1. The van der Waals surface area contributed by atoms with E-state index in [0.29, 0.717) is 5.57 Å². The first kappa shape index (κ1) is 17.6. The minimum absolute atomic E-state index is 0.0486. The van der Waals surface area contributed by atoms with Crippen molar-refractivity contribution in [1.29, 1.82) is 0 Å². The maximum absolute atomic E-state index is 12.5. The summed E-state index contributed by atoms with van der Waals surface area (Å²) in [5.41, 5.74) is 0.701. The zero-order valence-electron chi connectivity index (χ0n) is 12.7. The van der Waals surface area contributed by atoms with Gasteiger partial charge >= 0.3 is 12.1 Å². The first-order chi connectivity index (χ1) is 11.3. The van der Waals surface area contributed by atoms with Gasteiger partial charge in [-0.1, -0.05) is 30.3 Å². The average molecular weight is 336 g/mol. The number of alkyl halides is 3. The normalized spacial score (nSPS) is 13.4. The van der Waals surface area contributed by atoms with Gasteiger partial charge in [-0.05, 0) is 48.4 Å². The van der Waals surface area contributed by atoms with Gasteiger partial charge in [-0.2, -0.15) is 13.2 Å². The first-order valence-electron chi connectivity index (χ1n) is 7.08. The van der Waals surface area contributed by atoms with Gasteiger partial charge in [0.25, 0.3) is 0 Å². The van der Waals surface area contributed by atoms with Crippen molar-refractivity contribution >= 4 is 11.5 Å². The fraction of sp³-hybridized carbons (Fsp3) is 0.167. The zero-order valence-corrected chi connectivity index (χ0v) is 12.7. The van der Waals surface area contributed by atoms with Crippen molar-refractivity contribution in [2.75, 3.05) is 0 Å². The molecule has 2 rings (SSSR count). The average Bonchev–Trinajstić information content (AvgIpc) is 2.54. The molecule has 0 saturated heterocycles. The SMILES string of the molecule is CC(=CC(Oc1ccc(C(F)(F)F)cc1)C(=O)O)c1ccccc1. The lowest BCUT2D eigenvalue weighted by atomic mass is 10.1. The van der Waals surface area contributed by atoms with Crippen LogP contribution in [-0.2, 0) is 11.0 Å². The molecule has 0 heterocycles. The highest BCUT2D eigenvalue weighted by Crippen LogP contribution is 2.30. The minimum Gasteiger partial charge on any atom is -0.478 e. The summed E-state index contributed by atoms with van der Waals surface area (Å²) in [6.45, 7) is 1.74. The lowest BCUT2D eigenvalue weighted by Crippen LogP contribution is -2.25. The molecule has 24 heavy (non-hydrogen) atoms. The maximum Gasteiger partial charge on any atom is 0.416 e. The van der Waals surface area contributed by atoms with Crippen LogP contribution in [0.4, 0.5) is 13.2 Å². The molecule has 0 fully saturated rings. The molecule has 0 aliphatic heterocycles. The molecule has 2 aromatic carbocycles. The number of allylic oxidation sites excluding steroid dienone is 1. The number of benzene rings is 2. The number of rotatable bonds is 5. The standard InChI is InChI=1S/C18H15F3O3/c1-12(13-5-3-2-4-6-13)11-16(17(22)23)24-15-9-7-14(8-10-15)18(19,20)21/h2-11,16H,1H3,(H,22,23). The van der Waals surface area contributed by atoms with E-state index in [-0.39, 0.29) is 5.75 Å². The largest absolute Gasteiger partial charge is 0.478 e. The van der Waals surface area contributed by atoms with Crippen molar-refractivity contribution in [2.45, 2.75) is 19.2 Å². The molecule has 6 heteroatoms. The van der Waals surface area contributed by atoms with Crippen LogP contribution in [0, 0.1) is 0 Å². The van der Waals surface area contributed by atoms with Crippen molar-refractivity contribution < 1.29 is 27.8 Å². The molecule has 3 nitrogen and oxygen atoms in total. The summed E-state index contributed by atoms with van der Waals surface area (Å²) >= 11 is 0. The van der Waals surface area contributed by atoms with Crippen LogP contribution in [0.2, 0.25) is 0 Å². The molecule has 1 unspecified atom stereocenters. The summed E-state index contributed by atoms with van der Waals surface area (Å²) in [5.74, 6) is -1.18. The van der Waals surface area contributed by atoms with E-state index in [1.165, 1.54) is 6.08 Å². The number of aliphatic carboxylic acids is 1. The lowest BCUT2D eigenvalue weighted by Gasteiger charge is -2.14. The number of hydrogen-bond acceptors (Lipinski definition) is 2. The maximum atomic E-state index is 12.5. The summed E-state index contributed by atoms with van der Waals surface area (Å²) in [4.78, 5) is 11.3. The van der Waals surface area contributed by atoms with Crippen molar-refractivity contribution in [3.63, 3.8) is 0 Å². The Hall–Kier alpha value is -2.76. The van der Waals surface area contributed by atoms with Gasteiger partial charge in [-0.15, -0.1) is 0 Å². The van der Waals surface area contributed by atoms with Gasteiger partial charge in [0.1, 0.15) is 5.75 Å². The van der Waals surface area contributed by atoms with Crippen LogP contribution >= 0.6 is 0 Å². The van der Waals surface area contributed by atoms with Crippen LogP contribution in [0.1, 0.15) is 18.1 Å². The molecule has 2 aromatic rings. The quantitative estimate of drug-likeness (QED) is 0.865. The van der Waals surface area contributed by atoms with Crippen LogP contribution in [0.15, 0.2) is 60.7 Å². The molecule has 0 aliphatic rings. The fourth-order valence-electron chi connectivity index (χ4n) is 2.05. The summed E-state index contributed by atoms with van der Waals surface area (Å²) in [7, 11) is 0. The molecule has 0 bridgehead atoms. The summed E-state index contributed by atoms with van der Waals surface area (Å²) in [5, 5.41) is 9.26. The Morgan fingerprint density at radius 1 is 1.08 bits per heavy atom. The van der Waals surface area contributed by atoms with Gasteiger partial charge in [-0.3, -0.25) is 0 Å². The van der Waals surface area contributed by atoms with Crippen molar-refractivity contribution in [3.05, 3.63) is 71.8 Å². The number of ether oxygens (including phenoxy) is 1. The number of hydrogen-bond donors (Lipinski definition) is 1. The van der Waals surface area contributed by atoms with Gasteiger partial charge in [0.05, 0.1) is 5.56 Å². The van der Waals surface area contributed by atoms with E-state index < -0.39 is 23.8 Å². The highest BCUT2D eigenvalue weighted by atomic mass is 19.4.